The van der Waals surface area contributed by atoms with Gasteiger partial charge >= 0.3 is 5.97 Å². The van der Waals surface area contributed by atoms with Crippen LogP contribution in [0.3, 0.4) is 0 Å². The van der Waals surface area contributed by atoms with Gasteiger partial charge in [0.15, 0.2) is 5.71 Å². The van der Waals surface area contributed by atoms with Crippen molar-refractivity contribution in [2.45, 2.75) is 6.42 Å². The SMILES string of the molecule is O=C(O)C(CCCl)=NO. The molecule has 0 aliphatic rings. The number of carbonyl (C=O) groups is 1. The minimum Gasteiger partial charge on any atom is -0.477 e. The molecule has 2 N–H and O–H groups in total. The van der Waals surface area contributed by atoms with Gasteiger partial charge in [0.1, 0.15) is 0 Å². The highest BCUT2D eigenvalue weighted by molar-refractivity contribution is 6.36. The van der Waals surface area contributed by atoms with E-state index in [1.807, 2.05) is 0 Å². The van der Waals surface area contributed by atoms with Crippen LogP contribution < -0.4 is 0 Å². The minimum atomic E-state index is -1.24. The summed E-state index contributed by atoms with van der Waals surface area (Å²) in [5, 5.41) is 18.6. The van der Waals surface area contributed by atoms with Gasteiger partial charge in [-0.1, -0.05) is 5.16 Å². The third kappa shape index (κ3) is 2.92. The molecule has 9 heavy (non-hydrogen) atoms. The molecule has 0 aromatic heterocycles. The Hall–Kier alpha value is -0.770. The smallest absolute Gasteiger partial charge is 0.353 e. The highest BCUT2D eigenvalue weighted by Gasteiger charge is 2.07. The van der Waals surface area contributed by atoms with Gasteiger partial charge in [-0.3, -0.25) is 0 Å². The van der Waals surface area contributed by atoms with Gasteiger partial charge < -0.3 is 10.3 Å². The Morgan fingerprint density at radius 3 is 2.33 bits per heavy atom. The van der Waals surface area contributed by atoms with Crippen molar-refractivity contribution in [2.24, 2.45) is 5.16 Å². The lowest BCUT2D eigenvalue weighted by atomic mass is 10.3. The number of hydrogen-bond acceptors (Lipinski definition) is 3. The van der Waals surface area contributed by atoms with Crippen LogP contribution in [0.4, 0.5) is 0 Å². The summed E-state index contributed by atoms with van der Waals surface area (Å²) in [5.74, 6) is -1.09. The van der Waals surface area contributed by atoms with Crippen molar-refractivity contribution in [3.8, 4) is 0 Å². The topological polar surface area (TPSA) is 69.9 Å². The first-order chi connectivity index (χ1) is 4.22. The van der Waals surface area contributed by atoms with E-state index in [4.69, 9.17) is 21.9 Å². The zero-order chi connectivity index (χ0) is 7.28. The van der Waals surface area contributed by atoms with Gasteiger partial charge in [-0.25, -0.2) is 4.79 Å². The molecule has 0 aromatic carbocycles. The van der Waals surface area contributed by atoms with Crippen LogP contribution >= 0.6 is 11.6 Å². The summed E-state index contributed by atoms with van der Waals surface area (Å²) in [6.45, 7) is 0. The van der Waals surface area contributed by atoms with Crippen molar-refractivity contribution in [1.82, 2.24) is 0 Å². The average molecular weight is 152 g/mol. The Morgan fingerprint density at radius 2 is 2.22 bits per heavy atom. The van der Waals surface area contributed by atoms with E-state index >= 15 is 0 Å². The molecule has 0 saturated heterocycles. The van der Waals surface area contributed by atoms with Crippen molar-refractivity contribution in [3.05, 3.63) is 0 Å². The number of carboxylic acids is 1. The van der Waals surface area contributed by atoms with Crippen LogP contribution in [0.1, 0.15) is 6.42 Å². The first-order valence-corrected chi connectivity index (χ1v) is 2.76. The summed E-state index contributed by atoms with van der Waals surface area (Å²) in [7, 11) is 0. The molecule has 0 rings (SSSR count). The normalized spacial score (nSPS) is 11.4. The monoisotopic (exact) mass is 151 g/mol. The molecular formula is C4H6ClNO3. The lowest BCUT2D eigenvalue weighted by Crippen LogP contribution is -2.13. The third-order valence-corrected chi connectivity index (χ3v) is 0.888. The maximum atomic E-state index is 9.97. The van der Waals surface area contributed by atoms with E-state index in [1.54, 1.807) is 0 Å². The van der Waals surface area contributed by atoms with Gasteiger partial charge in [0.2, 0.25) is 0 Å². The van der Waals surface area contributed by atoms with E-state index in [2.05, 4.69) is 5.16 Å². The molecule has 0 bridgehead atoms. The molecule has 0 radical (unpaired) electrons. The third-order valence-electron chi connectivity index (χ3n) is 0.699. The first kappa shape index (κ1) is 8.23. The fourth-order valence-corrected chi connectivity index (χ4v) is 0.468. The number of nitrogens with zero attached hydrogens (tertiary/aromatic N) is 1. The minimum absolute atomic E-state index is 0.0768. The van der Waals surface area contributed by atoms with Gasteiger partial charge in [0, 0.05) is 12.3 Å². The molecule has 0 unspecified atom stereocenters. The number of carboxylic acid groups (broad SMARTS) is 1. The maximum absolute atomic E-state index is 9.97. The van der Waals surface area contributed by atoms with Crippen molar-refractivity contribution in [1.29, 1.82) is 0 Å². The Kier molecular flexibility index (Phi) is 3.79. The van der Waals surface area contributed by atoms with E-state index in [1.165, 1.54) is 0 Å². The highest BCUT2D eigenvalue weighted by Crippen LogP contribution is 1.89. The van der Waals surface area contributed by atoms with Crippen LogP contribution in [0.15, 0.2) is 5.16 Å². The average Bonchev–Trinajstić information content (AvgIpc) is 1.82. The number of aliphatic carboxylic acids is 1. The Labute approximate surface area is 56.7 Å². The molecule has 0 atom stereocenters. The van der Waals surface area contributed by atoms with Crippen LogP contribution in [0, 0.1) is 0 Å². The Balaban J connectivity index is 3.85. The van der Waals surface area contributed by atoms with Crippen LogP contribution in [0.25, 0.3) is 0 Å². The van der Waals surface area contributed by atoms with Crippen LogP contribution in [-0.2, 0) is 4.79 Å². The molecule has 0 aromatic rings. The molecule has 5 heteroatoms. The number of rotatable bonds is 3. The van der Waals surface area contributed by atoms with E-state index in [9.17, 15) is 4.79 Å². The van der Waals surface area contributed by atoms with Crippen molar-refractivity contribution in [2.75, 3.05) is 5.88 Å². The first-order valence-electron chi connectivity index (χ1n) is 2.22. The van der Waals surface area contributed by atoms with E-state index < -0.39 is 5.97 Å². The second kappa shape index (κ2) is 4.14. The largest absolute Gasteiger partial charge is 0.477 e. The maximum Gasteiger partial charge on any atom is 0.353 e. The summed E-state index contributed by atoms with van der Waals surface area (Å²) in [4.78, 5) is 9.97. The van der Waals surface area contributed by atoms with Gasteiger partial charge in [-0.2, -0.15) is 0 Å². The zero-order valence-corrected chi connectivity index (χ0v) is 5.30. The summed E-state index contributed by atoms with van der Waals surface area (Å²) >= 11 is 5.16. The molecule has 0 fully saturated rings. The zero-order valence-electron chi connectivity index (χ0n) is 4.54. The molecule has 4 nitrogen and oxygen atoms in total. The molecule has 52 valence electrons. The van der Waals surface area contributed by atoms with Crippen LogP contribution in [0.2, 0.25) is 0 Å². The van der Waals surface area contributed by atoms with Gasteiger partial charge in [0.05, 0.1) is 0 Å². The van der Waals surface area contributed by atoms with Crippen LogP contribution in [-0.4, -0.2) is 27.9 Å². The molecule has 0 spiro atoms. The highest BCUT2D eigenvalue weighted by atomic mass is 35.5. The lowest BCUT2D eigenvalue weighted by Gasteiger charge is -1.90. The lowest BCUT2D eigenvalue weighted by molar-refractivity contribution is -0.129. The van der Waals surface area contributed by atoms with E-state index in [0.717, 1.165) is 0 Å². The van der Waals surface area contributed by atoms with Gasteiger partial charge in [-0.15, -0.1) is 11.6 Å². The predicted molar refractivity (Wildman–Crippen MR) is 32.2 cm³/mol. The van der Waals surface area contributed by atoms with Crippen molar-refractivity contribution >= 4 is 23.3 Å². The number of oxime groups is 1. The Bertz CT molecular complexity index is 134. The Morgan fingerprint density at radius 1 is 1.67 bits per heavy atom. The summed E-state index contributed by atoms with van der Waals surface area (Å²) < 4.78 is 0. The molecule has 0 saturated carbocycles. The summed E-state index contributed by atoms with van der Waals surface area (Å²) in [5.41, 5.74) is -0.315. The van der Waals surface area contributed by atoms with Crippen LogP contribution in [0.5, 0.6) is 0 Å². The number of halogens is 1. The standard InChI is InChI=1S/C4H6ClNO3/c5-2-1-3(6-9)4(7)8/h9H,1-2H2,(H,7,8). The second-order valence-corrected chi connectivity index (χ2v) is 1.67. The quantitative estimate of drug-likeness (QED) is 0.268. The van der Waals surface area contributed by atoms with Crippen molar-refractivity contribution in [3.63, 3.8) is 0 Å². The summed E-state index contributed by atoms with van der Waals surface area (Å²) in [6.07, 6.45) is 0.0768. The molecule has 0 aliphatic heterocycles. The molecule has 0 aliphatic carbocycles. The predicted octanol–water partition coefficient (Wildman–Crippen LogP) is 0.530. The van der Waals surface area contributed by atoms with E-state index in [0.29, 0.717) is 0 Å². The number of hydrogen-bond donors (Lipinski definition) is 2. The van der Waals surface area contributed by atoms with Gasteiger partial charge in [0.25, 0.3) is 0 Å². The van der Waals surface area contributed by atoms with Gasteiger partial charge in [-0.05, 0) is 0 Å². The molecular weight excluding hydrogens is 146 g/mol. The number of alkyl halides is 1. The second-order valence-electron chi connectivity index (χ2n) is 1.29. The van der Waals surface area contributed by atoms with E-state index in [-0.39, 0.29) is 18.0 Å². The molecule has 0 heterocycles. The van der Waals surface area contributed by atoms with Crippen molar-refractivity contribution < 1.29 is 15.1 Å². The summed E-state index contributed by atoms with van der Waals surface area (Å²) in [6, 6.07) is 0. The fourth-order valence-electron chi connectivity index (χ4n) is 0.289. The molecule has 0 amide bonds. The fraction of sp³-hybridized carbons (Fsp3) is 0.500.